The van der Waals surface area contributed by atoms with Gasteiger partial charge in [-0.15, -0.1) is 0 Å². The summed E-state index contributed by atoms with van der Waals surface area (Å²) in [5.41, 5.74) is 7.68. The molecule has 88 valence electrons. The average Bonchev–Trinajstić information content (AvgIpc) is 2.76. The second-order valence-corrected chi connectivity index (χ2v) is 6.35. The number of hydrogen-bond donors (Lipinski definition) is 1. The first kappa shape index (κ1) is 12.1. The first-order chi connectivity index (χ1) is 7.55. The zero-order valence-electron chi connectivity index (χ0n) is 10.0. The molecule has 1 aliphatic rings. The monoisotopic (exact) mass is 281 g/mol. The third-order valence-corrected chi connectivity index (χ3v) is 4.67. The Labute approximate surface area is 107 Å². The fourth-order valence-corrected chi connectivity index (χ4v) is 3.36. The minimum atomic E-state index is 0.473. The van der Waals surface area contributed by atoms with E-state index in [-0.39, 0.29) is 0 Å². The van der Waals surface area contributed by atoms with E-state index in [0.29, 0.717) is 5.41 Å². The Bertz CT molecular complexity index is 373. The maximum absolute atomic E-state index is 5.79. The maximum atomic E-state index is 5.79. The van der Waals surface area contributed by atoms with Gasteiger partial charge >= 0.3 is 0 Å². The molecule has 0 spiro atoms. The van der Waals surface area contributed by atoms with E-state index in [4.69, 9.17) is 5.73 Å². The van der Waals surface area contributed by atoms with Crippen LogP contribution in [0.3, 0.4) is 0 Å². The fourth-order valence-electron chi connectivity index (χ4n) is 2.91. The van der Waals surface area contributed by atoms with Crippen molar-refractivity contribution in [3.8, 4) is 0 Å². The highest BCUT2D eigenvalue weighted by Crippen LogP contribution is 2.59. The highest BCUT2D eigenvalue weighted by molar-refractivity contribution is 9.10. The molecule has 2 heteroatoms. The molecule has 2 rings (SSSR count). The Hall–Kier alpha value is -0.340. The van der Waals surface area contributed by atoms with E-state index in [1.165, 1.54) is 22.9 Å². The molecule has 1 aromatic carbocycles. The van der Waals surface area contributed by atoms with E-state index in [1.54, 1.807) is 0 Å². The predicted octanol–water partition coefficient (Wildman–Crippen LogP) is 3.61. The van der Waals surface area contributed by atoms with Crippen molar-refractivity contribution < 1.29 is 0 Å². The van der Waals surface area contributed by atoms with Gasteiger partial charge in [0.2, 0.25) is 0 Å². The SMILES string of the molecule is CC1(C)C(CN)C1CCc1cccc(Br)c1. The second kappa shape index (κ2) is 4.50. The fraction of sp³-hybridized carbons (Fsp3) is 0.571. The zero-order valence-corrected chi connectivity index (χ0v) is 11.6. The standard InChI is InChI=1S/C14H20BrN/c1-14(2)12(13(14)9-16)7-6-10-4-3-5-11(15)8-10/h3-5,8,12-13H,6-7,9,16H2,1-2H3. The van der Waals surface area contributed by atoms with E-state index >= 15 is 0 Å². The van der Waals surface area contributed by atoms with Crippen LogP contribution < -0.4 is 5.73 Å². The van der Waals surface area contributed by atoms with E-state index in [0.717, 1.165) is 18.4 Å². The van der Waals surface area contributed by atoms with Crippen molar-refractivity contribution in [1.29, 1.82) is 0 Å². The summed E-state index contributed by atoms with van der Waals surface area (Å²) in [7, 11) is 0. The number of benzene rings is 1. The molecule has 2 N–H and O–H groups in total. The van der Waals surface area contributed by atoms with Crippen LogP contribution in [0.25, 0.3) is 0 Å². The lowest BCUT2D eigenvalue weighted by molar-refractivity contribution is 0.522. The van der Waals surface area contributed by atoms with Crippen LogP contribution in [0.5, 0.6) is 0 Å². The first-order valence-corrected chi connectivity index (χ1v) is 6.79. The van der Waals surface area contributed by atoms with E-state index < -0.39 is 0 Å². The van der Waals surface area contributed by atoms with Crippen molar-refractivity contribution in [3.63, 3.8) is 0 Å². The summed E-state index contributed by atoms with van der Waals surface area (Å²) >= 11 is 3.51. The average molecular weight is 282 g/mol. The third kappa shape index (κ3) is 2.33. The molecular weight excluding hydrogens is 262 g/mol. The number of nitrogens with two attached hydrogens (primary N) is 1. The lowest BCUT2D eigenvalue weighted by Crippen LogP contribution is -2.05. The molecule has 1 nitrogen and oxygen atoms in total. The zero-order chi connectivity index (χ0) is 11.8. The molecule has 1 fully saturated rings. The van der Waals surface area contributed by atoms with Gasteiger partial charge in [-0.05, 0) is 54.3 Å². The Balaban J connectivity index is 1.90. The second-order valence-electron chi connectivity index (χ2n) is 5.44. The molecule has 0 radical (unpaired) electrons. The van der Waals surface area contributed by atoms with Gasteiger partial charge < -0.3 is 5.73 Å². The van der Waals surface area contributed by atoms with Gasteiger partial charge in [0, 0.05) is 4.47 Å². The molecule has 1 aromatic rings. The largest absolute Gasteiger partial charge is 0.330 e. The molecule has 0 saturated heterocycles. The molecule has 2 atom stereocenters. The molecule has 1 aliphatic carbocycles. The Kier molecular flexibility index (Phi) is 3.41. The van der Waals surface area contributed by atoms with Crippen LogP contribution in [-0.4, -0.2) is 6.54 Å². The van der Waals surface area contributed by atoms with Crippen molar-refractivity contribution in [2.75, 3.05) is 6.54 Å². The number of rotatable bonds is 4. The minimum Gasteiger partial charge on any atom is -0.330 e. The molecule has 0 aliphatic heterocycles. The van der Waals surface area contributed by atoms with Crippen LogP contribution >= 0.6 is 15.9 Å². The van der Waals surface area contributed by atoms with E-state index in [1.807, 2.05) is 0 Å². The highest BCUT2D eigenvalue weighted by Gasteiger charge is 2.55. The third-order valence-electron chi connectivity index (χ3n) is 4.17. The molecule has 1 saturated carbocycles. The smallest absolute Gasteiger partial charge is 0.0177 e. The van der Waals surface area contributed by atoms with Gasteiger partial charge in [0.15, 0.2) is 0 Å². The molecule has 0 amide bonds. The van der Waals surface area contributed by atoms with Gasteiger partial charge in [-0.1, -0.05) is 41.9 Å². The van der Waals surface area contributed by atoms with E-state index in [9.17, 15) is 0 Å². The molecule has 2 unspecified atom stereocenters. The van der Waals surface area contributed by atoms with Crippen molar-refractivity contribution in [2.24, 2.45) is 23.0 Å². The Morgan fingerprint density at radius 1 is 1.31 bits per heavy atom. The van der Waals surface area contributed by atoms with Crippen LogP contribution in [0.15, 0.2) is 28.7 Å². The van der Waals surface area contributed by atoms with Crippen LogP contribution in [0.1, 0.15) is 25.8 Å². The minimum absolute atomic E-state index is 0.473. The van der Waals surface area contributed by atoms with Crippen LogP contribution in [-0.2, 0) is 6.42 Å². The van der Waals surface area contributed by atoms with Crippen LogP contribution in [0.2, 0.25) is 0 Å². The molecule has 0 aromatic heterocycles. The van der Waals surface area contributed by atoms with Crippen LogP contribution in [0.4, 0.5) is 0 Å². The summed E-state index contributed by atoms with van der Waals surface area (Å²) in [5.74, 6) is 1.55. The maximum Gasteiger partial charge on any atom is 0.0177 e. The van der Waals surface area contributed by atoms with Gasteiger partial charge in [0.1, 0.15) is 0 Å². The number of aryl methyl sites for hydroxylation is 1. The van der Waals surface area contributed by atoms with Gasteiger partial charge in [0.05, 0.1) is 0 Å². The summed E-state index contributed by atoms with van der Waals surface area (Å²) in [6.07, 6.45) is 2.44. The Morgan fingerprint density at radius 2 is 2.06 bits per heavy atom. The lowest BCUT2D eigenvalue weighted by Gasteiger charge is -2.03. The van der Waals surface area contributed by atoms with Gasteiger partial charge in [-0.2, -0.15) is 0 Å². The number of halogens is 1. The predicted molar refractivity (Wildman–Crippen MR) is 72.3 cm³/mol. The summed E-state index contributed by atoms with van der Waals surface area (Å²) in [6, 6.07) is 8.61. The summed E-state index contributed by atoms with van der Waals surface area (Å²) in [4.78, 5) is 0. The van der Waals surface area contributed by atoms with Crippen molar-refractivity contribution >= 4 is 15.9 Å². The van der Waals surface area contributed by atoms with Crippen LogP contribution in [0, 0.1) is 17.3 Å². The number of hydrogen-bond acceptors (Lipinski definition) is 1. The van der Waals surface area contributed by atoms with Gasteiger partial charge in [-0.25, -0.2) is 0 Å². The van der Waals surface area contributed by atoms with Crippen molar-refractivity contribution in [3.05, 3.63) is 34.3 Å². The van der Waals surface area contributed by atoms with E-state index in [2.05, 4.69) is 54.0 Å². The van der Waals surface area contributed by atoms with Gasteiger partial charge in [0.25, 0.3) is 0 Å². The van der Waals surface area contributed by atoms with Crippen molar-refractivity contribution in [2.45, 2.75) is 26.7 Å². The van der Waals surface area contributed by atoms with Gasteiger partial charge in [-0.3, -0.25) is 0 Å². The highest BCUT2D eigenvalue weighted by atomic mass is 79.9. The molecule has 0 heterocycles. The normalized spacial score (nSPS) is 26.8. The quantitative estimate of drug-likeness (QED) is 0.897. The topological polar surface area (TPSA) is 26.0 Å². The summed E-state index contributed by atoms with van der Waals surface area (Å²) < 4.78 is 1.18. The summed E-state index contributed by atoms with van der Waals surface area (Å²) in [6.45, 7) is 5.53. The summed E-state index contributed by atoms with van der Waals surface area (Å²) in [5, 5.41) is 0. The first-order valence-electron chi connectivity index (χ1n) is 6.00. The molecule has 0 bridgehead atoms. The Morgan fingerprint density at radius 3 is 2.62 bits per heavy atom. The lowest BCUT2D eigenvalue weighted by atomic mass is 10.0. The molecular formula is C14H20BrN. The van der Waals surface area contributed by atoms with Crippen molar-refractivity contribution in [1.82, 2.24) is 0 Å². The molecule has 16 heavy (non-hydrogen) atoms.